The number of benzene rings is 1. The molecular formula is C19H15N3O6. The zero-order valence-corrected chi connectivity index (χ0v) is 14.6. The molecule has 4 rings (SSSR count). The number of carboxylic acids is 1. The second kappa shape index (κ2) is 7.03. The number of rotatable bonds is 5. The van der Waals surface area contributed by atoms with Gasteiger partial charge >= 0.3 is 17.2 Å². The van der Waals surface area contributed by atoms with Crippen LogP contribution in [0.15, 0.2) is 67.5 Å². The Balaban J connectivity index is 2.15. The summed E-state index contributed by atoms with van der Waals surface area (Å²) in [4.78, 5) is 39.3. The number of imidazole rings is 1. The van der Waals surface area contributed by atoms with Crippen molar-refractivity contribution < 1.29 is 18.7 Å². The molecule has 0 spiro atoms. The molecule has 0 amide bonds. The van der Waals surface area contributed by atoms with E-state index in [0.717, 1.165) is 12.1 Å². The molecule has 1 N–H and O–H groups in total. The fraction of sp³-hybridized carbons (Fsp3) is 0.158. The van der Waals surface area contributed by atoms with Gasteiger partial charge in [-0.3, -0.25) is 4.79 Å². The number of fused-ring (bicyclic) bond motifs is 1. The van der Waals surface area contributed by atoms with E-state index in [2.05, 4.69) is 4.98 Å². The fourth-order valence-corrected chi connectivity index (χ4v) is 3.18. The lowest BCUT2D eigenvalue weighted by molar-refractivity contribution is -0.137. The van der Waals surface area contributed by atoms with Gasteiger partial charge in [-0.1, -0.05) is 6.07 Å². The van der Waals surface area contributed by atoms with E-state index in [9.17, 15) is 14.4 Å². The molecule has 3 heterocycles. The molecule has 9 heteroatoms. The molecule has 3 aromatic heterocycles. The maximum absolute atomic E-state index is 12.2. The smallest absolute Gasteiger partial charge is 0.337 e. The lowest BCUT2D eigenvalue weighted by atomic mass is 10.1. The van der Waals surface area contributed by atoms with E-state index < -0.39 is 17.2 Å². The summed E-state index contributed by atoms with van der Waals surface area (Å²) in [7, 11) is 0. The first-order valence-electron chi connectivity index (χ1n) is 8.46. The normalized spacial score (nSPS) is 11.1. The third-order valence-electron chi connectivity index (χ3n) is 4.31. The Morgan fingerprint density at radius 2 is 1.89 bits per heavy atom. The summed E-state index contributed by atoms with van der Waals surface area (Å²) in [5, 5.41) is 9.69. The van der Waals surface area contributed by atoms with Gasteiger partial charge in [-0.15, -0.1) is 0 Å². The van der Waals surface area contributed by atoms with Crippen LogP contribution in [0.1, 0.15) is 12.0 Å². The van der Waals surface area contributed by atoms with Crippen molar-refractivity contribution in [1.29, 1.82) is 0 Å². The number of hydrogen-bond acceptors (Lipinski definition) is 6. The van der Waals surface area contributed by atoms with E-state index in [1.807, 2.05) is 0 Å². The number of nitrogens with zero attached hydrogens (tertiary/aromatic N) is 3. The topological polar surface area (TPSA) is 120 Å². The van der Waals surface area contributed by atoms with Gasteiger partial charge in [0.05, 0.1) is 30.2 Å². The average molecular weight is 381 g/mol. The molecule has 9 nitrogen and oxygen atoms in total. The molecule has 2 bridgehead atoms. The van der Waals surface area contributed by atoms with Crippen LogP contribution in [-0.2, 0) is 17.9 Å². The number of aromatic nitrogens is 3. The minimum atomic E-state index is -0.984. The van der Waals surface area contributed by atoms with E-state index in [1.54, 1.807) is 46.1 Å². The molecule has 0 aliphatic heterocycles. The zero-order valence-electron chi connectivity index (χ0n) is 14.6. The molecule has 0 aliphatic carbocycles. The van der Waals surface area contributed by atoms with Crippen molar-refractivity contribution in [3.8, 4) is 0 Å². The Morgan fingerprint density at radius 3 is 2.61 bits per heavy atom. The van der Waals surface area contributed by atoms with Crippen molar-refractivity contribution in [1.82, 2.24) is 14.1 Å². The summed E-state index contributed by atoms with van der Waals surface area (Å²) in [6, 6.07) is 7.06. The molecule has 0 atom stereocenters. The van der Waals surface area contributed by atoms with Crippen molar-refractivity contribution >= 4 is 28.2 Å². The van der Waals surface area contributed by atoms with Crippen molar-refractivity contribution in [3.63, 3.8) is 0 Å². The molecule has 28 heavy (non-hydrogen) atoms. The first-order valence-corrected chi connectivity index (χ1v) is 8.46. The molecule has 0 fully saturated rings. The van der Waals surface area contributed by atoms with E-state index in [-0.39, 0.29) is 25.2 Å². The summed E-state index contributed by atoms with van der Waals surface area (Å²) in [6.45, 7) is 0.372. The lowest BCUT2D eigenvalue weighted by Gasteiger charge is -2.04. The summed E-state index contributed by atoms with van der Waals surface area (Å²) < 4.78 is 14.3. The van der Waals surface area contributed by atoms with Crippen LogP contribution in [0.5, 0.6) is 0 Å². The lowest BCUT2D eigenvalue weighted by Crippen LogP contribution is -2.06. The predicted molar refractivity (Wildman–Crippen MR) is 98.9 cm³/mol. The van der Waals surface area contributed by atoms with Gasteiger partial charge in [-0.05, 0) is 12.1 Å². The second-order valence-electron chi connectivity index (χ2n) is 6.14. The van der Waals surface area contributed by atoms with Crippen LogP contribution >= 0.6 is 0 Å². The minimum absolute atomic E-state index is 0.0828. The summed E-state index contributed by atoms with van der Waals surface area (Å²) in [5.74, 6) is -0.984. The van der Waals surface area contributed by atoms with Gasteiger partial charge in [0, 0.05) is 36.6 Å². The zero-order chi connectivity index (χ0) is 19.7. The maximum Gasteiger partial charge on any atom is 0.337 e. The Morgan fingerprint density at radius 1 is 1.11 bits per heavy atom. The molecule has 1 aromatic carbocycles. The van der Waals surface area contributed by atoms with E-state index in [0.29, 0.717) is 22.0 Å². The van der Waals surface area contributed by atoms with Gasteiger partial charge in [0.2, 0.25) is 5.71 Å². The third-order valence-corrected chi connectivity index (χ3v) is 4.31. The monoisotopic (exact) mass is 381 g/mol. The summed E-state index contributed by atoms with van der Waals surface area (Å²) in [6.07, 6.45) is 4.79. The molecule has 0 saturated carbocycles. The molecular weight excluding hydrogens is 366 g/mol. The van der Waals surface area contributed by atoms with E-state index in [1.165, 1.54) is 0 Å². The first kappa shape index (κ1) is 17.5. The van der Waals surface area contributed by atoms with Crippen LogP contribution < -0.4 is 11.3 Å². The Kier molecular flexibility index (Phi) is 4.40. The van der Waals surface area contributed by atoms with E-state index in [4.69, 9.17) is 13.9 Å². The molecule has 0 unspecified atom stereocenters. The molecule has 142 valence electrons. The summed E-state index contributed by atoms with van der Waals surface area (Å²) in [5.41, 5.74) is 0.240. The van der Waals surface area contributed by atoms with Crippen LogP contribution in [0.4, 0.5) is 0 Å². The number of carboxylic acid groups (broad SMARTS) is 1. The van der Waals surface area contributed by atoms with Gasteiger partial charge in [-0.2, -0.15) is 0 Å². The Hall–Kier alpha value is -3.88. The van der Waals surface area contributed by atoms with E-state index >= 15 is 0 Å². The highest BCUT2D eigenvalue weighted by atomic mass is 16.4. The number of carbonyl (C=O) groups is 1. The molecule has 0 radical (unpaired) electrons. The highest BCUT2D eigenvalue weighted by molar-refractivity contribution is 6.00. The fourth-order valence-electron chi connectivity index (χ4n) is 3.18. The first-order chi connectivity index (χ1) is 13.5. The standard InChI is InChI=1S/C19H15N3O6/c23-15(24)6-8-22-13-2-1-3-14-18(13)12(10-21-9-7-20-11-21)19(22)28-17(26)5-4-16(25)27-14/h1-5,7,9,11H,6,8,10H2,(H,23,24). The number of hydrogen-bond donors (Lipinski definition) is 1. The average Bonchev–Trinajstić information content (AvgIpc) is 3.26. The van der Waals surface area contributed by atoms with Crippen molar-refractivity contribution in [2.24, 2.45) is 0 Å². The highest BCUT2D eigenvalue weighted by Gasteiger charge is 2.19. The van der Waals surface area contributed by atoms with Gasteiger partial charge in [0.15, 0.2) is 0 Å². The summed E-state index contributed by atoms with van der Waals surface area (Å²) >= 11 is 0. The Bertz CT molecular complexity index is 1310. The van der Waals surface area contributed by atoms with Crippen LogP contribution in [0, 0.1) is 0 Å². The SMILES string of the molecule is O=C(O)CCn1c2oc(=O)ccc(=O)oc3cccc1c3c2Cn1ccnc1. The van der Waals surface area contributed by atoms with Crippen LogP contribution in [0.25, 0.3) is 22.2 Å². The van der Waals surface area contributed by atoms with Crippen molar-refractivity contribution in [3.05, 3.63) is 75.5 Å². The largest absolute Gasteiger partial charge is 0.481 e. The quantitative estimate of drug-likeness (QED) is 0.561. The molecule has 0 saturated heterocycles. The van der Waals surface area contributed by atoms with Gasteiger partial charge in [0.25, 0.3) is 0 Å². The number of aryl methyl sites for hydroxylation is 1. The van der Waals surface area contributed by atoms with Gasteiger partial charge < -0.3 is 23.1 Å². The Labute approximate surface area is 156 Å². The van der Waals surface area contributed by atoms with Crippen LogP contribution in [-0.4, -0.2) is 25.2 Å². The highest BCUT2D eigenvalue weighted by Crippen LogP contribution is 2.31. The second-order valence-corrected chi connectivity index (χ2v) is 6.14. The minimum Gasteiger partial charge on any atom is -0.481 e. The predicted octanol–water partition coefficient (Wildman–Crippen LogP) is 1.98. The number of aliphatic carboxylic acids is 1. The molecule has 4 aromatic rings. The third kappa shape index (κ3) is 3.25. The van der Waals surface area contributed by atoms with Crippen molar-refractivity contribution in [2.45, 2.75) is 19.5 Å². The maximum atomic E-state index is 12.2. The molecule has 0 aliphatic rings. The van der Waals surface area contributed by atoms with Crippen LogP contribution in [0.3, 0.4) is 0 Å². The van der Waals surface area contributed by atoms with Gasteiger partial charge in [-0.25, -0.2) is 14.6 Å². The van der Waals surface area contributed by atoms with Crippen molar-refractivity contribution in [2.75, 3.05) is 0 Å². The van der Waals surface area contributed by atoms with Gasteiger partial charge in [0.1, 0.15) is 5.58 Å². The van der Waals surface area contributed by atoms with Crippen LogP contribution in [0.2, 0.25) is 0 Å².